The molecule has 1 aromatic carbocycles. The molecule has 0 unspecified atom stereocenters. The van der Waals surface area contributed by atoms with Crippen LogP contribution in [0.4, 0.5) is 17.5 Å². The summed E-state index contributed by atoms with van der Waals surface area (Å²) in [5.41, 5.74) is 4.21. The molecule has 0 aliphatic carbocycles. The average molecular weight is 333 g/mol. The number of benzene rings is 1. The van der Waals surface area contributed by atoms with Gasteiger partial charge in [-0.2, -0.15) is 0 Å². The normalized spacial score (nSPS) is 10.4. The van der Waals surface area contributed by atoms with Crippen LogP contribution in [0.3, 0.4) is 0 Å². The first-order valence-corrected chi connectivity index (χ1v) is 7.93. The predicted octanol–water partition coefficient (Wildman–Crippen LogP) is 3.79. The number of hydrogen-bond acceptors (Lipinski definition) is 5. The molecule has 2 aromatic heterocycles. The maximum absolute atomic E-state index is 12.3. The molecule has 126 valence electrons. The van der Waals surface area contributed by atoms with Crippen LogP contribution in [-0.2, 0) is 0 Å². The van der Waals surface area contributed by atoms with E-state index in [1.165, 1.54) is 0 Å². The van der Waals surface area contributed by atoms with Gasteiger partial charge in [-0.1, -0.05) is 6.07 Å². The number of hydrogen-bond donors (Lipinski definition) is 2. The Bertz CT molecular complexity index is 868. The minimum absolute atomic E-state index is 0.203. The lowest BCUT2D eigenvalue weighted by Crippen LogP contribution is -2.12. The number of rotatable bonds is 4. The minimum atomic E-state index is -0.203. The van der Waals surface area contributed by atoms with E-state index in [2.05, 4.69) is 25.6 Å². The summed E-state index contributed by atoms with van der Waals surface area (Å²) in [4.78, 5) is 25.1. The largest absolute Gasteiger partial charge is 0.324 e. The van der Waals surface area contributed by atoms with Crippen molar-refractivity contribution in [2.24, 2.45) is 0 Å². The van der Waals surface area contributed by atoms with Crippen LogP contribution in [0.15, 0.2) is 48.7 Å². The molecule has 0 fully saturated rings. The van der Waals surface area contributed by atoms with Crippen molar-refractivity contribution in [3.63, 3.8) is 0 Å². The van der Waals surface area contributed by atoms with Crippen molar-refractivity contribution in [3.8, 4) is 0 Å². The lowest BCUT2D eigenvalue weighted by Gasteiger charge is -2.08. The molecule has 0 radical (unpaired) electrons. The number of aromatic nitrogens is 3. The zero-order chi connectivity index (χ0) is 17.8. The molecule has 0 aliphatic heterocycles. The third kappa shape index (κ3) is 4.38. The summed E-state index contributed by atoms with van der Waals surface area (Å²) in [5, 5.41) is 5.92. The fourth-order valence-electron chi connectivity index (χ4n) is 2.35. The lowest BCUT2D eigenvalue weighted by molar-refractivity contribution is 0.102. The van der Waals surface area contributed by atoms with Crippen molar-refractivity contribution in [1.82, 2.24) is 15.0 Å². The predicted molar refractivity (Wildman–Crippen MR) is 98.2 cm³/mol. The first-order valence-electron chi connectivity index (χ1n) is 7.93. The number of nitrogens with one attached hydrogen (secondary N) is 2. The van der Waals surface area contributed by atoms with Crippen LogP contribution in [0.1, 0.15) is 27.3 Å². The maximum atomic E-state index is 12.3. The molecule has 6 heteroatoms. The standard InChI is InChI=1S/C19H19N5O/c1-12-4-9-17(20-11-12)24-18(25)15-5-7-16(8-6-15)23-19-21-13(2)10-14(3)22-19/h4-11H,1-3H3,(H,20,24,25)(H,21,22,23). The molecule has 0 spiro atoms. The molecule has 25 heavy (non-hydrogen) atoms. The van der Waals surface area contributed by atoms with Crippen molar-refractivity contribution < 1.29 is 4.79 Å². The highest BCUT2D eigenvalue weighted by atomic mass is 16.1. The second kappa shape index (κ2) is 7.09. The molecule has 6 nitrogen and oxygen atoms in total. The number of nitrogens with zero attached hydrogens (tertiary/aromatic N) is 3. The van der Waals surface area contributed by atoms with Gasteiger partial charge in [0.25, 0.3) is 5.91 Å². The van der Waals surface area contributed by atoms with E-state index in [1.54, 1.807) is 24.4 Å². The van der Waals surface area contributed by atoms with Gasteiger partial charge in [-0.15, -0.1) is 0 Å². The zero-order valence-electron chi connectivity index (χ0n) is 14.4. The van der Waals surface area contributed by atoms with Gasteiger partial charge in [-0.05, 0) is 62.7 Å². The van der Waals surface area contributed by atoms with Gasteiger partial charge in [0.15, 0.2) is 0 Å². The van der Waals surface area contributed by atoms with Crippen LogP contribution in [0, 0.1) is 20.8 Å². The van der Waals surface area contributed by atoms with Gasteiger partial charge in [-0.25, -0.2) is 15.0 Å². The fraction of sp³-hybridized carbons (Fsp3) is 0.158. The van der Waals surface area contributed by atoms with Crippen LogP contribution >= 0.6 is 0 Å². The van der Waals surface area contributed by atoms with Crippen molar-refractivity contribution in [1.29, 1.82) is 0 Å². The number of amides is 1. The number of carbonyl (C=O) groups excluding carboxylic acids is 1. The molecule has 0 saturated carbocycles. The van der Waals surface area contributed by atoms with E-state index in [1.807, 2.05) is 45.0 Å². The maximum Gasteiger partial charge on any atom is 0.256 e. The lowest BCUT2D eigenvalue weighted by atomic mass is 10.2. The van der Waals surface area contributed by atoms with Gasteiger partial charge in [-0.3, -0.25) is 4.79 Å². The molecule has 0 bridgehead atoms. The summed E-state index contributed by atoms with van der Waals surface area (Å²) in [6.45, 7) is 5.79. The molecule has 3 aromatic rings. The molecule has 0 saturated heterocycles. The van der Waals surface area contributed by atoms with E-state index >= 15 is 0 Å². The third-order valence-corrected chi connectivity index (χ3v) is 3.54. The van der Waals surface area contributed by atoms with Gasteiger partial charge in [0, 0.05) is 28.8 Å². The van der Waals surface area contributed by atoms with E-state index in [0.29, 0.717) is 17.3 Å². The van der Waals surface area contributed by atoms with Gasteiger partial charge in [0.2, 0.25) is 5.95 Å². The molecule has 3 rings (SSSR count). The summed E-state index contributed by atoms with van der Waals surface area (Å²) < 4.78 is 0. The SMILES string of the molecule is Cc1ccc(NC(=O)c2ccc(Nc3nc(C)cc(C)n3)cc2)nc1. The van der Waals surface area contributed by atoms with E-state index in [-0.39, 0.29) is 5.91 Å². The Labute approximate surface area is 146 Å². The van der Waals surface area contributed by atoms with Crippen molar-refractivity contribution >= 4 is 23.4 Å². The number of aryl methyl sites for hydroxylation is 3. The van der Waals surface area contributed by atoms with Crippen LogP contribution in [0.5, 0.6) is 0 Å². The van der Waals surface area contributed by atoms with Crippen molar-refractivity contribution in [2.45, 2.75) is 20.8 Å². The Balaban J connectivity index is 1.68. The first kappa shape index (κ1) is 16.6. The molecule has 0 atom stereocenters. The third-order valence-electron chi connectivity index (χ3n) is 3.54. The van der Waals surface area contributed by atoms with Crippen LogP contribution in [-0.4, -0.2) is 20.9 Å². The Morgan fingerprint density at radius 2 is 1.60 bits per heavy atom. The zero-order valence-corrected chi connectivity index (χ0v) is 14.4. The van der Waals surface area contributed by atoms with E-state index in [4.69, 9.17) is 0 Å². The van der Waals surface area contributed by atoms with E-state index < -0.39 is 0 Å². The second-order valence-corrected chi connectivity index (χ2v) is 5.85. The highest BCUT2D eigenvalue weighted by Gasteiger charge is 2.07. The quantitative estimate of drug-likeness (QED) is 0.759. The van der Waals surface area contributed by atoms with Gasteiger partial charge in [0.05, 0.1) is 0 Å². The molecule has 0 aliphatic rings. The summed E-state index contributed by atoms with van der Waals surface area (Å²) in [7, 11) is 0. The van der Waals surface area contributed by atoms with Gasteiger partial charge >= 0.3 is 0 Å². The van der Waals surface area contributed by atoms with E-state index in [0.717, 1.165) is 22.6 Å². The first-order chi connectivity index (χ1) is 12.0. The molecule has 2 heterocycles. The second-order valence-electron chi connectivity index (χ2n) is 5.85. The number of carbonyl (C=O) groups is 1. The summed E-state index contributed by atoms with van der Waals surface area (Å²) in [6, 6.07) is 12.7. The molecular weight excluding hydrogens is 314 g/mol. The Hall–Kier alpha value is -3.28. The molecule has 1 amide bonds. The monoisotopic (exact) mass is 333 g/mol. The molecular formula is C19H19N5O. The summed E-state index contributed by atoms with van der Waals surface area (Å²) in [5.74, 6) is 0.866. The Morgan fingerprint density at radius 3 is 2.20 bits per heavy atom. The Kier molecular flexibility index (Phi) is 4.70. The van der Waals surface area contributed by atoms with Crippen LogP contribution < -0.4 is 10.6 Å². The average Bonchev–Trinajstić information content (AvgIpc) is 2.56. The summed E-state index contributed by atoms with van der Waals surface area (Å²) >= 11 is 0. The minimum Gasteiger partial charge on any atom is -0.324 e. The van der Waals surface area contributed by atoms with E-state index in [9.17, 15) is 4.79 Å². The topological polar surface area (TPSA) is 79.8 Å². The highest BCUT2D eigenvalue weighted by Crippen LogP contribution is 2.16. The van der Waals surface area contributed by atoms with Gasteiger partial charge < -0.3 is 10.6 Å². The Morgan fingerprint density at radius 1 is 0.920 bits per heavy atom. The smallest absolute Gasteiger partial charge is 0.256 e. The summed E-state index contributed by atoms with van der Waals surface area (Å²) in [6.07, 6.45) is 1.71. The fourth-order valence-corrected chi connectivity index (χ4v) is 2.35. The van der Waals surface area contributed by atoms with Gasteiger partial charge in [0.1, 0.15) is 5.82 Å². The van der Waals surface area contributed by atoms with Crippen molar-refractivity contribution in [3.05, 3.63) is 71.2 Å². The van der Waals surface area contributed by atoms with Crippen LogP contribution in [0.2, 0.25) is 0 Å². The number of pyridine rings is 1. The van der Waals surface area contributed by atoms with Crippen molar-refractivity contribution in [2.75, 3.05) is 10.6 Å². The number of anilines is 3. The van der Waals surface area contributed by atoms with Crippen LogP contribution in [0.25, 0.3) is 0 Å². The highest BCUT2D eigenvalue weighted by molar-refractivity contribution is 6.03. The molecule has 2 N–H and O–H groups in total.